The Morgan fingerprint density at radius 3 is 1.95 bits per heavy atom. The topological polar surface area (TPSA) is 145 Å². The van der Waals surface area contributed by atoms with Gasteiger partial charge in [-0.15, -0.1) is 0 Å². The third-order valence-corrected chi connectivity index (χ3v) is 3.80. The highest BCUT2D eigenvalue weighted by atomic mass is 16.2. The summed E-state index contributed by atoms with van der Waals surface area (Å²) in [6, 6.07) is -2.39. The van der Waals surface area contributed by atoms with Crippen LogP contribution in [0.3, 0.4) is 0 Å². The molecule has 1 saturated carbocycles. The summed E-state index contributed by atoms with van der Waals surface area (Å²) in [5.41, 5.74) is 10.4. The number of carbonyl (C=O) groups excluding carboxylic acids is 2. The molecule has 0 saturated heterocycles. The molecule has 8 heteroatoms. The molecule has 0 spiro atoms. The van der Waals surface area contributed by atoms with Crippen molar-refractivity contribution in [2.24, 2.45) is 34.5 Å². The molecular weight excluding hydrogens is 248 g/mol. The van der Waals surface area contributed by atoms with Gasteiger partial charge in [-0.05, 0) is 24.2 Å². The molecule has 3 atom stereocenters. The van der Waals surface area contributed by atoms with Gasteiger partial charge in [0.05, 0.1) is 12.1 Å². The second kappa shape index (κ2) is 5.22. The summed E-state index contributed by atoms with van der Waals surface area (Å²) >= 11 is 0. The average Bonchev–Trinajstić information content (AvgIpc) is 2.24. The molecule has 3 unspecified atom stereocenters. The Hall–Kier alpha value is -1.54. The normalized spacial score (nSPS) is 29.6. The summed E-state index contributed by atoms with van der Waals surface area (Å²) in [5, 5.41) is 1.90. The number of primary amides is 2. The van der Waals surface area contributed by atoms with E-state index in [2.05, 4.69) is 13.8 Å². The number of amides is 4. The molecule has 0 bridgehead atoms. The number of nitrogens with zero attached hydrogens (tertiary/aromatic N) is 2. The molecule has 8 nitrogen and oxygen atoms in total. The molecule has 0 radical (unpaired) electrons. The van der Waals surface area contributed by atoms with Crippen LogP contribution in [0.4, 0.5) is 9.59 Å². The number of hydrogen-bond acceptors (Lipinski definition) is 4. The Labute approximate surface area is 113 Å². The molecular formula is C11H24N6O2. The summed E-state index contributed by atoms with van der Waals surface area (Å²) in [7, 11) is 0. The SMILES string of the molecule is CC1CC(C)(C)CC(N(N)C(N)=O)C1N(N)C(N)=O. The van der Waals surface area contributed by atoms with Crippen molar-refractivity contribution in [1.82, 2.24) is 10.0 Å². The van der Waals surface area contributed by atoms with E-state index in [0.717, 1.165) is 16.4 Å². The largest absolute Gasteiger partial charge is 0.350 e. The van der Waals surface area contributed by atoms with E-state index < -0.39 is 24.1 Å². The molecule has 0 heterocycles. The Kier molecular flexibility index (Phi) is 4.26. The zero-order chi connectivity index (χ0) is 15.0. The fraction of sp³-hybridized carbons (Fsp3) is 0.818. The highest BCUT2D eigenvalue weighted by molar-refractivity contribution is 5.73. The number of carbonyl (C=O) groups is 2. The fourth-order valence-corrected chi connectivity index (χ4v) is 3.17. The lowest BCUT2D eigenvalue weighted by Crippen LogP contribution is -2.66. The van der Waals surface area contributed by atoms with Crippen LogP contribution in [-0.4, -0.2) is 34.2 Å². The van der Waals surface area contributed by atoms with E-state index in [9.17, 15) is 9.59 Å². The Morgan fingerprint density at radius 2 is 1.53 bits per heavy atom. The van der Waals surface area contributed by atoms with Crippen molar-refractivity contribution in [1.29, 1.82) is 0 Å². The van der Waals surface area contributed by atoms with Gasteiger partial charge in [0.1, 0.15) is 0 Å². The summed E-state index contributed by atoms with van der Waals surface area (Å²) in [4.78, 5) is 22.6. The fourth-order valence-electron chi connectivity index (χ4n) is 3.17. The van der Waals surface area contributed by atoms with Crippen molar-refractivity contribution in [3.63, 3.8) is 0 Å². The van der Waals surface area contributed by atoms with Crippen molar-refractivity contribution in [3.05, 3.63) is 0 Å². The van der Waals surface area contributed by atoms with Gasteiger partial charge < -0.3 is 11.5 Å². The molecule has 1 aliphatic carbocycles. The second-order valence-electron chi connectivity index (χ2n) is 6.10. The first kappa shape index (κ1) is 15.5. The maximum Gasteiger partial charge on any atom is 0.329 e. The predicted octanol–water partition coefficient (Wildman–Crippen LogP) is -0.311. The zero-order valence-electron chi connectivity index (χ0n) is 11.7. The third-order valence-electron chi connectivity index (χ3n) is 3.80. The third kappa shape index (κ3) is 3.27. The van der Waals surface area contributed by atoms with Gasteiger partial charge in [-0.25, -0.2) is 21.3 Å². The number of hydrogen-bond donors (Lipinski definition) is 4. The van der Waals surface area contributed by atoms with E-state index in [4.69, 9.17) is 23.2 Å². The van der Waals surface area contributed by atoms with Crippen molar-refractivity contribution >= 4 is 12.1 Å². The van der Waals surface area contributed by atoms with Crippen molar-refractivity contribution in [3.8, 4) is 0 Å². The lowest BCUT2D eigenvalue weighted by molar-refractivity contribution is 0.00860. The molecule has 8 N–H and O–H groups in total. The number of nitrogens with two attached hydrogens (primary N) is 4. The molecule has 0 aromatic heterocycles. The van der Waals surface area contributed by atoms with Gasteiger partial charge in [-0.2, -0.15) is 0 Å². The van der Waals surface area contributed by atoms with E-state index in [1.165, 1.54) is 0 Å². The van der Waals surface area contributed by atoms with Gasteiger partial charge in [-0.3, -0.25) is 10.0 Å². The van der Waals surface area contributed by atoms with Crippen LogP contribution in [0.2, 0.25) is 0 Å². The number of urea groups is 2. The standard InChI is InChI=1S/C11H24N6O2/c1-6-4-11(2,3)5-7(16(14)9(12)18)8(6)17(15)10(13)19/h6-8H,4-5,14-15H2,1-3H3,(H2,12,18)(H2,13,19). The maximum atomic E-state index is 11.3. The number of hydrazine groups is 2. The molecule has 0 aromatic carbocycles. The molecule has 0 aromatic rings. The molecule has 1 fully saturated rings. The molecule has 19 heavy (non-hydrogen) atoms. The van der Waals surface area contributed by atoms with Crippen LogP contribution in [0.15, 0.2) is 0 Å². The van der Waals surface area contributed by atoms with E-state index in [1.807, 2.05) is 6.92 Å². The van der Waals surface area contributed by atoms with Crippen LogP contribution in [0, 0.1) is 11.3 Å². The van der Waals surface area contributed by atoms with E-state index in [0.29, 0.717) is 6.42 Å². The highest BCUT2D eigenvalue weighted by Gasteiger charge is 2.45. The minimum Gasteiger partial charge on any atom is -0.350 e. The summed E-state index contributed by atoms with van der Waals surface area (Å²) in [6.45, 7) is 6.11. The van der Waals surface area contributed by atoms with Gasteiger partial charge in [0, 0.05) is 0 Å². The smallest absolute Gasteiger partial charge is 0.329 e. The average molecular weight is 272 g/mol. The first-order chi connectivity index (χ1) is 8.57. The number of rotatable bonds is 2. The first-order valence-electron chi connectivity index (χ1n) is 6.23. The molecule has 110 valence electrons. The highest BCUT2D eigenvalue weighted by Crippen LogP contribution is 2.41. The minimum atomic E-state index is -0.752. The van der Waals surface area contributed by atoms with E-state index in [1.54, 1.807) is 0 Å². The van der Waals surface area contributed by atoms with Gasteiger partial charge >= 0.3 is 12.1 Å². The molecule has 1 aliphatic rings. The minimum absolute atomic E-state index is 0.0217. The summed E-state index contributed by atoms with van der Waals surface area (Å²) < 4.78 is 0. The molecule has 0 aliphatic heterocycles. The van der Waals surface area contributed by atoms with Crippen LogP contribution in [0.5, 0.6) is 0 Å². The molecule has 4 amide bonds. The van der Waals surface area contributed by atoms with Crippen molar-refractivity contribution < 1.29 is 9.59 Å². The monoisotopic (exact) mass is 272 g/mol. The van der Waals surface area contributed by atoms with Crippen LogP contribution in [0.25, 0.3) is 0 Å². The van der Waals surface area contributed by atoms with E-state index >= 15 is 0 Å². The summed E-state index contributed by atoms with van der Waals surface area (Å²) in [5.74, 6) is 11.5. The van der Waals surface area contributed by atoms with Gasteiger partial charge in [0.25, 0.3) is 0 Å². The van der Waals surface area contributed by atoms with E-state index in [-0.39, 0.29) is 11.3 Å². The van der Waals surface area contributed by atoms with Crippen molar-refractivity contribution in [2.45, 2.75) is 45.7 Å². The summed E-state index contributed by atoms with van der Waals surface area (Å²) in [6.07, 6.45) is 1.45. The Balaban J connectivity index is 3.08. The predicted molar refractivity (Wildman–Crippen MR) is 71.0 cm³/mol. The Bertz CT molecular complexity index is 372. The van der Waals surface area contributed by atoms with Gasteiger partial charge in [0.15, 0.2) is 0 Å². The Morgan fingerprint density at radius 1 is 1.05 bits per heavy atom. The van der Waals surface area contributed by atoms with Crippen LogP contribution in [-0.2, 0) is 0 Å². The zero-order valence-corrected chi connectivity index (χ0v) is 11.7. The molecule has 1 rings (SSSR count). The van der Waals surface area contributed by atoms with Crippen LogP contribution in [0.1, 0.15) is 33.6 Å². The van der Waals surface area contributed by atoms with Crippen LogP contribution < -0.4 is 23.2 Å². The maximum absolute atomic E-state index is 11.3. The lowest BCUT2D eigenvalue weighted by atomic mass is 9.67. The van der Waals surface area contributed by atoms with Crippen LogP contribution >= 0.6 is 0 Å². The quantitative estimate of drug-likeness (QED) is 0.310. The first-order valence-corrected chi connectivity index (χ1v) is 6.23. The second-order valence-corrected chi connectivity index (χ2v) is 6.10. The van der Waals surface area contributed by atoms with Crippen molar-refractivity contribution in [2.75, 3.05) is 0 Å². The van der Waals surface area contributed by atoms with Gasteiger partial charge in [-0.1, -0.05) is 20.8 Å². The van der Waals surface area contributed by atoms with Gasteiger partial charge in [0.2, 0.25) is 0 Å². The lowest BCUT2D eigenvalue weighted by Gasteiger charge is -2.49.